The smallest absolute Gasteiger partial charge is 0.298 e. The number of hydrogen-bond acceptors (Lipinski definition) is 7. The highest BCUT2D eigenvalue weighted by molar-refractivity contribution is 6.03. The molecule has 0 aliphatic carbocycles. The van der Waals surface area contributed by atoms with E-state index in [2.05, 4.69) is 50.9 Å². The molecule has 3 N–H and O–H groups in total. The molecule has 2 unspecified atom stereocenters. The van der Waals surface area contributed by atoms with Crippen LogP contribution in [0.2, 0.25) is 0 Å². The molecule has 0 spiro atoms. The van der Waals surface area contributed by atoms with Crippen molar-refractivity contribution in [3.8, 4) is 11.8 Å². The predicted molar refractivity (Wildman–Crippen MR) is 144 cm³/mol. The van der Waals surface area contributed by atoms with Crippen molar-refractivity contribution < 1.29 is 9.59 Å². The fourth-order valence-electron chi connectivity index (χ4n) is 4.94. The zero-order valence-corrected chi connectivity index (χ0v) is 21.5. The Bertz CT molecular complexity index is 1230. The van der Waals surface area contributed by atoms with Gasteiger partial charge < -0.3 is 20.9 Å². The molecule has 2 amide bonds. The maximum absolute atomic E-state index is 12.8. The number of rotatable bonds is 7. The molecular formula is C28H33N7O2. The van der Waals surface area contributed by atoms with Crippen LogP contribution in [0.5, 0.6) is 0 Å². The number of hydrogen-bond donors (Lipinski definition) is 2. The first-order valence-corrected chi connectivity index (χ1v) is 12.4. The Morgan fingerprint density at radius 2 is 2.00 bits per heavy atom. The van der Waals surface area contributed by atoms with Crippen molar-refractivity contribution in [2.75, 3.05) is 25.5 Å². The summed E-state index contributed by atoms with van der Waals surface area (Å²) in [5.41, 5.74) is 7.68. The lowest BCUT2D eigenvalue weighted by atomic mass is 10.0. The van der Waals surface area contributed by atoms with Gasteiger partial charge in [-0.05, 0) is 69.5 Å². The number of aromatic nitrogens is 1. The average Bonchev–Trinajstić information content (AvgIpc) is 3.39. The maximum atomic E-state index is 12.8. The Balaban J connectivity index is 1.55. The number of likely N-dealkylation sites (tertiary alicyclic amines) is 1. The van der Waals surface area contributed by atoms with Gasteiger partial charge in [0.05, 0.1) is 12.6 Å². The van der Waals surface area contributed by atoms with Crippen molar-refractivity contribution in [3.63, 3.8) is 0 Å². The van der Waals surface area contributed by atoms with Crippen LogP contribution in [-0.2, 0) is 4.79 Å². The molecule has 0 radical (unpaired) electrons. The minimum absolute atomic E-state index is 0.0128. The van der Waals surface area contributed by atoms with Gasteiger partial charge in [-0.1, -0.05) is 24.1 Å². The number of carbonyl (C=O) groups is 2. The van der Waals surface area contributed by atoms with Gasteiger partial charge in [-0.15, -0.1) is 0 Å². The zero-order chi connectivity index (χ0) is 26.4. The molecule has 4 rings (SSSR count). The predicted octanol–water partition coefficient (Wildman–Crippen LogP) is 2.81. The molecule has 192 valence electrons. The Hall–Kier alpha value is -4.16. The lowest BCUT2D eigenvalue weighted by Crippen LogP contribution is -2.58. The van der Waals surface area contributed by atoms with E-state index in [9.17, 15) is 9.59 Å². The van der Waals surface area contributed by atoms with Crippen LogP contribution in [-0.4, -0.2) is 69.7 Å². The molecule has 2 aromatic rings. The number of nitrogens with one attached hydrogen (secondary N) is 1. The van der Waals surface area contributed by atoms with E-state index in [4.69, 9.17) is 5.73 Å². The molecule has 1 aromatic heterocycles. The van der Waals surface area contributed by atoms with E-state index in [0.29, 0.717) is 30.3 Å². The van der Waals surface area contributed by atoms with Gasteiger partial charge in [-0.3, -0.25) is 14.5 Å². The molecule has 3 heterocycles. The van der Waals surface area contributed by atoms with Gasteiger partial charge in [0.2, 0.25) is 0 Å². The molecular weight excluding hydrogens is 466 g/mol. The van der Waals surface area contributed by atoms with Crippen molar-refractivity contribution in [1.29, 1.82) is 0 Å². The highest BCUT2D eigenvalue weighted by atomic mass is 16.2. The van der Waals surface area contributed by atoms with Crippen LogP contribution in [0.1, 0.15) is 48.7 Å². The highest BCUT2D eigenvalue weighted by Crippen LogP contribution is 2.31. The number of likely N-dealkylation sites (N-methyl/N-ethyl adjacent to an activating group) is 1. The number of nitrogens with zero attached hydrogens (tertiary/aromatic N) is 5. The molecule has 2 aliphatic rings. The minimum Gasteiger partial charge on any atom is -0.386 e. The van der Waals surface area contributed by atoms with Crippen molar-refractivity contribution in [2.45, 2.75) is 44.9 Å². The Morgan fingerprint density at radius 1 is 1.22 bits per heavy atom. The third-order valence-electron chi connectivity index (χ3n) is 6.91. The monoisotopic (exact) mass is 499 g/mol. The van der Waals surface area contributed by atoms with Crippen LogP contribution in [0.15, 0.2) is 66.1 Å². The van der Waals surface area contributed by atoms with Gasteiger partial charge in [0.15, 0.2) is 0 Å². The fraction of sp³-hybridized carbons (Fsp3) is 0.357. The van der Waals surface area contributed by atoms with Crippen LogP contribution in [0, 0.1) is 11.8 Å². The summed E-state index contributed by atoms with van der Waals surface area (Å²) in [7, 11) is 2.05. The van der Waals surface area contributed by atoms with Crippen LogP contribution in [0.3, 0.4) is 0 Å². The molecule has 2 aliphatic heterocycles. The van der Waals surface area contributed by atoms with E-state index < -0.39 is 0 Å². The molecule has 1 saturated heterocycles. The van der Waals surface area contributed by atoms with Crippen molar-refractivity contribution in [3.05, 3.63) is 72.2 Å². The maximum Gasteiger partial charge on any atom is 0.298 e. The molecule has 37 heavy (non-hydrogen) atoms. The standard InChI is InChI=1S/C28H33N7O2/c1-4-8-26(36)35-17-7-9-23(35)28(34-18-16-30-24(29)19-34)33(3)20(2)21-11-13-22(14-12-21)27(37)32-25-10-5-6-15-31-25/h5-6,10-16,18,20,23,28H,7,9,17,19H2,1-3H3,(H2,29,30)(H,31,32,37)/t20?,23-,28?/m0/s1. The number of anilines is 1. The van der Waals surface area contributed by atoms with Crippen LogP contribution < -0.4 is 11.1 Å². The van der Waals surface area contributed by atoms with Crippen molar-refractivity contribution >= 4 is 23.5 Å². The summed E-state index contributed by atoms with van der Waals surface area (Å²) in [6.07, 6.45) is 6.91. The van der Waals surface area contributed by atoms with E-state index in [1.165, 1.54) is 0 Å². The molecule has 3 atom stereocenters. The lowest BCUT2D eigenvalue weighted by molar-refractivity contribution is -0.128. The van der Waals surface area contributed by atoms with Gasteiger partial charge >= 0.3 is 0 Å². The van der Waals surface area contributed by atoms with Crippen molar-refractivity contribution in [1.82, 2.24) is 19.7 Å². The summed E-state index contributed by atoms with van der Waals surface area (Å²) in [5, 5.41) is 2.81. The van der Waals surface area contributed by atoms with Crippen LogP contribution in [0.25, 0.3) is 0 Å². The quantitative estimate of drug-likeness (QED) is 0.568. The van der Waals surface area contributed by atoms with Gasteiger partial charge in [0, 0.05) is 36.7 Å². The third-order valence-corrected chi connectivity index (χ3v) is 6.91. The normalized spacial score (nSPS) is 18.6. The number of pyridine rings is 1. The Morgan fingerprint density at radius 3 is 2.68 bits per heavy atom. The number of aliphatic imine (C=N–C) groups is 1. The summed E-state index contributed by atoms with van der Waals surface area (Å²) >= 11 is 0. The van der Waals surface area contributed by atoms with Crippen LogP contribution >= 0.6 is 0 Å². The summed E-state index contributed by atoms with van der Waals surface area (Å²) in [6.45, 7) is 4.95. The van der Waals surface area contributed by atoms with Crippen LogP contribution in [0.4, 0.5) is 5.82 Å². The van der Waals surface area contributed by atoms with E-state index in [0.717, 1.165) is 18.4 Å². The topological polar surface area (TPSA) is 107 Å². The second-order valence-corrected chi connectivity index (χ2v) is 9.22. The zero-order valence-electron chi connectivity index (χ0n) is 21.5. The molecule has 1 fully saturated rings. The van der Waals surface area contributed by atoms with E-state index >= 15 is 0 Å². The Labute approximate surface area is 218 Å². The second-order valence-electron chi connectivity index (χ2n) is 9.22. The number of nitrogens with two attached hydrogens (primary N) is 1. The second kappa shape index (κ2) is 11.7. The molecule has 9 nitrogen and oxygen atoms in total. The van der Waals surface area contributed by atoms with E-state index in [1.54, 1.807) is 31.5 Å². The number of carbonyl (C=O) groups excluding carboxylic acids is 2. The molecule has 0 saturated carbocycles. The van der Waals surface area contributed by atoms with E-state index in [1.807, 2.05) is 41.4 Å². The number of amides is 2. The average molecular weight is 500 g/mol. The molecule has 9 heteroatoms. The summed E-state index contributed by atoms with van der Waals surface area (Å²) < 4.78 is 0. The van der Waals surface area contributed by atoms with Gasteiger partial charge in [0.25, 0.3) is 11.8 Å². The first kappa shape index (κ1) is 25.9. The third kappa shape index (κ3) is 5.98. The molecule has 0 bridgehead atoms. The highest BCUT2D eigenvalue weighted by Gasteiger charge is 2.40. The fourth-order valence-corrected chi connectivity index (χ4v) is 4.94. The largest absolute Gasteiger partial charge is 0.386 e. The SMILES string of the molecule is CC#CC(=O)N1CCC[C@H]1C(N1C=CN=C(N)C1)N(C)C(C)c1ccc(C(=O)Nc2ccccn2)cc1. The summed E-state index contributed by atoms with van der Waals surface area (Å²) in [4.78, 5) is 40.1. The number of benzene rings is 1. The molecule has 1 aromatic carbocycles. The van der Waals surface area contributed by atoms with Crippen molar-refractivity contribution in [2.24, 2.45) is 10.7 Å². The summed E-state index contributed by atoms with van der Waals surface area (Å²) in [6, 6.07) is 12.9. The minimum atomic E-state index is -0.213. The van der Waals surface area contributed by atoms with E-state index in [-0.39, 0.29) is 30.1 Å². The van der Waals surface area contributed by atoms with Gasteiger partial charge in [0.1, 0.15) is 17.8 Å². The van der Waals surface area contributed by atoms with Gasteiger partial charge in [-0.25, -0.2) is 9.98 Å². The summed E-state index contributed by atoms with van der Waals surface area (Å²) in [5.74, 6) is 6.12. The first-order chi connectivity index (χ1) is 17.9. The van der Waals surface area contributed by atoms with Gasteiger partial charge in [-0.2, -0.15) is 0 Å². The Kier molecular flexibility index (Phi) is 8.21. The number of amidine groups is 1. The first-order valence-electron chi connectivity index (χ1n) is 12.4. The lowest BCUT2D eigenvalue weighted by Gasteiger charge is -2.46.